The summed E-state index contributed by atoms with van der Waals surface area (Å²) in [6, 6.07) is 48.6. The average Bonchev–Trinajstić information content (AvgIpc) is 3.68. The minimum Gasteiger partial charge on any atom is -0.454 e. The highest BCUT2D eigenvalue weighted by Gasteiger charge is 2.22. The second-order valence-corrected chi connectivity index (χ2v) is 11.6. The van der Waals surface area contributed by atoms with Crippen LogP contribution < -0.4 is 0 Å². The molecule has 47 heavy (non-hydrogen) atoms. The van der Waals surface area contributed by atoms with Gasteiger partial charge in [0.25, 0.3) is 0 Å². The molecule has 2 aromatic heterocycles. The smallest absolute Gasteiger partial charge is 0.160 e. The van der Waals surface area contributed by atoms with Gasteiger partial charge in [0.1, 0.15) is 17.6 Å². The van der Waals surface area contributed by atoms with Gasteiger partial charge in [0, 0.05) is 46.1 Å². The molecule has 0 saturated carbocycles. The van der Waals surface area contributed by atoms with Gasteiger partial charge in [-0.3, -0.25) is 10.4 Å². The minimum absolute atomic E-state index is 0.274. The molecule has 0 amide bonds. The monoisotopic (exact) mass is 607 g/mol. The lowest BCUT2D eigenvalue weighted by Gasteiger charge is -2.28. The van der Waals surface area contributed by atoms with E-state index in [1.165, 1.54) is 0 Å². The molecule has 0 spiro atoms. The van der Waals surface area contributed by atoms with Crippen LogP contribution in [0.15, 0.2) is 149 Å². The standard InChI is InChI=1S/C41H29N5O/c1-45(40(43)30-13-9-12-28(24-30)25-42)41(44-26-27-10-3-2-4-11-27)29-18-20-31(21-19-29)46-36-16-7-5-14-32(36)34-22-23-35-33-15-6-8-17-37(33)47-39(35)38(34)46/h2-24,26,41,43H,1H3. The van der Waals surface area contributed by atoms with E-state index in [-0.39, 0.29) is 5.84 Å². The Morgan fingerprint density at radius 3 is 2.32 bits per heavy atom. The predicted molar refractivity (Wildman–Crippen MR) is 191 cm³/mol. The molecular weight excluding hydrogens is 578 g/mol. The van der Waals surface area contributed by atoms with Gasteiger partial charge in [-0.2, -0.15) is 5.26 Å². The number of amidine groups is 1. The number of para-hydroxylation sites is 2. The van der Waals surface area contributed by atoms with E-state index in [9.17, 15) is 5.26 Å². The van der Waals surface area contributed by atoms with Gasteiger partial charge in [-0.05, 0) is 53.6 Å². The summed E-state index contributed by atoms with van der Waals surface area (Å²) in [7, 11) is 1.87. The number of aromatic nitrogens is 1. The average molecular weight is 608 g/mol. The molecule has 0 bridgehead atoms. The van der Waals surface area contributed by atoms with E-state index in [1.54, 1.807) is 18.2 Å². The molecule has 1 N–H and O–H groups in total. The quantitative estimate of drug-likeness (QED) is 0.151. The fourth-order valence-corrected chi connectivity index (χ4v) is 6.46. The zero-order chi connectivity index (χ0) is 31.9. The maximum absolute atomic E-state index is 9.45. The zero-order valence-electron chi connectivity index (χ0n) is 25.6. The van der Waals surface area contributed by atoms with Gasteiger partial charge in [0.05, 0.1) is 22.7 Å². The fourth-order valence-electron chi connectivity index (χ4n) is 6.46. The summed E-state index contributed by atoms with van der Waals surface area (Å²) in [4.78, 5) is 6.82. The molecule has 0 aliphatic carbocycles. The molecule has 1 unspecified atom stereocenters. The van der Waals surface area contributed by atoms with Crippen molar-refractivity contribution in [3.8, 4) is 11.8 Å². The number of rotatable bonds is 6. The third-order valence-electron chi connectivity index (χ3n) is 8.78. The Bertz CT molecular complexity index is 2520. The van der Waals surface area contributed by atoms with Crippen molar-refractivity contribution in [1.82, 2.24) is 9.47 Å². The summed E-state index contributed by atoms with van der Waals surface area (Å²) in [6.45, 7) is 0. The predicted octanol–water partition coefficient (Wildman–Crippen LogP) is 9.63. The van der Waals surface area contributed by atoms with Gasteiger partial charge in [-0.25, -0.2) is 0 Å². The Kier molecular flexibility index (Phi) is 6.85. The van der Waals surface area contributed by atoms with Crippen molar-refractivity contribution in [2.45, 2.75) is 6.17 Å². The van der Waals surface area contributed by atoms with Crippen LogP contribution in [0.2, 0.25) is 0 Å². The van der Waals surface area contributed by atoms with Gasteiger partial charge in [-0.1, -0.05) is 97.1 Å². The highest BCUT2D eigenvalue weighted by Crippen LogP contribution is 2.40. The second kappa shape index (κ2) is 11.5. The van der Waals surface area contributed by atoms with Crippen molar-refractivity contribution in [3.05, 3.63) is 162 Å². The van der Waals surface area contributed by atoms with E-state index < -0.39 is 6.17 Å². The lowest BCUT2D eigenvalue weighted by molar-refractivity contribution is 0.387. The topological polar surface area (TPSA) is 81.3 Å². The molecule has 1 atom stereocenters. The first-order valence-electron chi connectivity index (χ1n) is 15.4. The number of furan rings is 1. The summed E-state index contributed by atoms with van der Waals surface area (Å²) < 4.78 is 8.80. The summed E-state index contributed by atoms with van der Waals surface area (Å²) in [5, 5.41) is 23.0. The Balaban J connectivity index is 1.26. The number of benzene rings is 6. The van der Waals surface area contributed by atoms with E-state index in [0.717, 1.165) is 60.6 Å². The summed E-state index contributed by atoms with van der Waals surface area (Å²) in [5.74, 6) is 0.274. The maximum Gasteiger partial charge on any atom is 0.160 e. The molecule has 6 aromatic carbocycles. The van der Waals surface area contributed by atoms with E-state index in [0.29, 0.717) is 11.1 Å². The SMILES string of the molecule is CN(C(=N)c1cccc(C#N)c1)C(N=Cc1ccccc1)c1ccc(-n2c3ccccc3c3ccc4c5ccccc5oc4c32)cc1. The number of fused-ring (bicyclic) bond motifs is 7. The van der Waals surface area contributed by atoms with Crippen molar-refractivity contribution in [2.24, 2.45) is 4.99 Å². The fraction of sp³-hybridized carbons (Fsp3) is 0.0488. The molecule has 0 radical (unpaired) electrons. The van der Waals surface area contributed by atoms with Crippen LogP contribution in [-0.4, -0.2) is 28.6 Å². The molecule has 6 nitrogen and oxygen atoms in total. The van der Waals surface area contributed by atoms with Crippen molar-refractivity contribution in [2.75, 3.05) is 7.05 Å². The third-order valence-corrected chi connectivity index (χ3v) is 8.78. The van der Waals surface area contributed by atoms with Crippen molar-refractivity contribution < 1.29 is 4.42 Å². The summed E-state index contributed by atoms with van der Waals surface area (Å²) >= 11 is 0. The van der Waals surface area contributed by atoms with Crippen LogP contribution in [0.4, 0.5) is 0 Å². The van der Waals surface area contributed by atoms with Gasteiger partial charge in [-0.15, -0.1) is 0 Å². The van der Waals surface area contributed by atoms with Crippen LogP contribution in [-0.2, 0) is 0 Å². The molecule has 224 valence electrons. The largest absolute Gasteiger partial charge is 0.454 e. The van der Waals surface area contributed by atoms with Crippen LogP contribution in [0, 0.1) is 16.7 Å². The highest BCUT2D eigenvalue weighted by molar-refractivity contribution is 6.21. The second-order valence-electron chi connectivity index (χ2n) is 11.6. The Morgan fingerprint density at radius 2 is 1.51 bits per heavy atom. The van der Waals surface area contributed by atoms with E-state index >= 15 is 0 Å². The van der Waals surface area contributed by atoms with Crippen LogP contribution in [0.1, 0.15) is 28.4 Å². The van der Waals surface area contributed by atoms with Gasteiger partial charge >= 0.3 is 0 Å². The van der Waals surface area contributed by atoms with E-state index in [2.05, 4.69) is 77.4 Å². The Morgan fingerprint density at radius 1 is 0.787 bits per heavy atom. The molecule has 6 heteroatoms. The normalized spacial score (nSPS) is 12.3. The number of hydrogen-bond acceptors (Lipinski definition) is 4. The Hall–Kier alpha value is -6.45. The Labute approximate surface area is 271 Å². The molecule has 0 aliphatic heterocycles. The highest BCUT2D eigenvalue weighted by atomic mass is 16.3. The number of nitrogens with one attached hydrogen (secondary N) is 1. The van der Waals surface area contributed by atoms with Crippen molar-refractivity contribution in [3.63, 3.8) is 0 Å². The lowest BCUT2D eigenvalue weighted by Crippen LogP contribution is -2.30. The molecular formula is C41H29N5O. The first-order chi connectivity index (χ1) is 23.1. The van der Waals surface area contributed by atoms with Crippen LogP contribution in [0.5, 0.6) is 0 Å². The maximum atomic E-state index is 9.45. The number of hydrogen-bond donors (Lipinski definition) is 1. The van der Waals surface area contributed by atoms with Crippen molar-refractivity contribution in [1.29, 1.82) is 10.7 Å². The molecule has 0 aliphatic rings. The van der Waals surface area contributed by atoms with E-state index in [4.69, 9.17) is 14.8 Å². The summed E-state index contributed by atoms with van der Waals surface area (Å²) in [5.41, 5.74) is 7.93. The van der Waals surface area contributed by atoms with Gasteiger partial charge in [0.2, 0.25) is 0 Å². The van der Waals surface area contributed by atoms with Crippen molar-refractivity contribution >= 4 is 55.8 Å². The van der Waals surface area contributed by atoms with Gasteiger partial charge < -0.3 is 13.9 Å². The molecule has 8 rings (SSSR count). The van der Waals surface area contributed by atoms with Crippen LogP contribution in [0.3, 0.4) is 0 Å². The first-order valence-corrected chi connectivity index (χ1v) is 15.4. The third kappa shape index (κ3) is 4.82. The molecule has 0 saturated heterocycles. The summed E-state index contributed by atoms with van der Waals surface area (Å²) in [6.07, 6.45) is 1.36. The molecule has 0 fully saturated rings. The minimum atomic E-state index is -0.484. The first kappa shape index (κ1) is 28.1. The number of aliphatic imine (C=N–C) groups is 1. The van der Waals surface area contributed by atoms with Gasteiger partial charge in [0.15, 0.2) is 5.58 Å². The number of nitrogens with zero attached hydrogens (tertiary/aromatic N) is 4. The molecule has 2 heterocycles. The zero-order valence-corrected chi connectivity index (χ0v) is 25.6. The van der Waals surface area contributed by atoms with Crippen LogP contribution >= 0.6 is 0 Å². The number of nitriles is 1. The molecule has 8 aromatic rings. The lowest BCUT2D eigenvalue weighted by atomic mass is 10.1. The van der Waals surface area contributed by atoms with E-state index in [1.807, 2.05) is 72.8 Å². The van der Waals surface area contributed by atoms with Crippen LogP contribution in [0.25, 0.3) is 49.4 Å².